The summed E-state index contributed by atoms with van der Waals surface area (Å²) in [5, 5.41) is 0. The van der Waals surface area contributed by atoms with Crippen molar-refractivity contribution in [3.8, 4) is 0 Å². The number of hydrogen-bond acceptors (Lipinski definition) is 1. The fourth-order valence-electron chi connectivity index (χ4n) is 2.67. The standard InChI is InChI=1S/C12H23BrO/c1-9-5-6-10(11(13)7-9)12(2,3)8-14-4/h9-11H,5-8H2,1-4H3. The minimum absolute atomic E-state index is 0.309. The van der Waals surface area contributed by atoms with E-state index in [0.717, 1.165) is 18.4 Å². The Kier molecular flexibility index (Phi) is 4.45. The second-order valence-corrected chi connectivity index (χ2v) is 6.64. The first-order valence-corrected chi connectivity index (χ1v) is 6.52. The quantitative estimate of drug-likeness (QED) is 0.702. The minimum Gasteiger partial charge on any atom is -0.384 e. The molecular weight excluding hydrogens is 240 g/mol. The van der Waals surface area contributed by atoms with Crippen LogP contribution >= 0.6 is 15.9 Å². The highest BCUT2D eigenvalue weighted by molar-refractivity contribution is 9.09. The maximum Gasteiger partial charge on any atom is 0.0516 e. The van der Waals surface area contributed by atoms with Crippen LogP contribution in [0.25, 0.3) is 0 Å². The zero-order chi connectivity index (χ0) is 10.8. The van der Waals surface area contributed by atoms with E-state index >= 15 is 0 Å². The third-order valence-electron chi connectivity index (χ3n) is 3.55. The first-order chi connectivity index (χ1) is 6.47. The van der Waals surface area contributed by atoms with E-state index in [-0.39, 0.29) is 0 Å². The predicted molar refractivity (Wildman–Crippen MR) is 64.9 cm³/mol. The molecule has 1 aliphatic rings. The van der Waals surface area contributed by atoms with Crippen LogP contribution in [-0.2, 0) is 4.74 Å². The Labute approximate surface area is 96.7 Å². The highest BCUT2D eigenvalue weighted by Crippen LogP contribution is 2.43. The molecule has 0 radical (unpaired) electrons. The van der Waals surface area contributed by atoms with Crippen LogP contribution in [-0.4, -0.2) is 18.5 Å². The van der Waals surface area contributed by atoms with Crippen molar-refractivity contribution in [2.75, 3.05) is 13.7 Å². The van der Waals surface area contributed by atoms with Crippen molar-refractivity contribution in [3.63, 3.8) is 0 Å². The van der Waals surface area contributed by atoms with E-state index in [2.05, 4.69) is 36.7 Å². The summed E-state index contributed by atoms with van der Waals surface area (Å²) in [6.07, 6.45) is 4.03. The van der Waals surface area contributed by atoms with E-state index in [1.165, 1.54) is 19.3 Å². The molecule has 84 valence electrons. The second-order valence-electron chi connectivity index (χ2n) is 5.46. The van der Waals surface area contributed by atoms with Crippen LogP contribution in [0.3, 0.4) is 0 Å². The summed E-state index contributed by atoms with van der Waals surface area (Å²) in [5.41, 5.74) is 0.309. The summed E-state index contributed by atoms with van der Waals surface area (Å²) < 4.78 is 5.31. The van der Waals surface area contributed by atoms with Gasteiger partial charge >= 0.3 is 0 Å². The first kappa shape index (κ1) is 12.5. The molecule has 3 atom stereocenters. The normalized spacial score (nSPS) is 34.5. The van der Waals surface area contributed by atoms with Crippen LogP contribution in [0.15, 0.2) is 0 Å². The van der Waals surface area contributed by atoms with Gasteiger partial charge in [0.05, 0.1) is 6.61 Å². The molecule has 0 aromatic heterocycles. The third kappa shape index (κ3) is 2.96. The highest BCUT2D eigenvalue weighted by Gasteiger charge is 2.37. The zero-order valence-electron chi connectivity index (χ0n) is 9.85. The molecule has 0 bridgehead atoms. The highest BCUT2D eigenvalue weighted by atomic mass is 79.9. The van der Waals surface area contributed by atoms with Gasteiger partial charge in [-0.15, -0.1) is 0 Å². The van der Waals surface area contributed by atoms with Crippen molar-refractivity contribution in [1.82, 2.24) is 0 Å². The van der Waals surface area contributed by atoms with Crippen LogP contribution in [0.5, 0.6) is 0 Å². The topological polar surface area (TPSA) is 9.23 Å². The number of ether oxygens (including phenoxy) is 1. The van der Waals surface area contributed by atoms with E-state index in [1.807, 2.05) is 0 Å². The number of rotatable bonds is 3. The number of methoxy groups -OCH3 is 1. The fourth-order valence-corrected chi connectivity index (χ4v) is 4.29. The van der Waals surface area contributed by atoms with Crippen molar-refractivity contribution in [3.05, 3.63) is 0 Å². The van der Waals surface area contributed by atoms with Crippen molar-refractivity contribution >= 4 is 15.9 Å². The molecule has 0 amide bonds. The maximum atomic E-state index is 5.31. The smallest absolute Gasteiger partial charge is 0.0516 e. The molecule has 1 fully saturated rings. The van der Waals surface area contributed by atoms with E-state index in [1.54, 1.807) is 7.11 Å². The molecule has 1 nitrogen and oxygen atoms in total. The Bertz CT molecular complexity index is 179. The molecule has 0 spiro atoms. The summed E-state index contributed by atoms with van der Waals surface area (Å²) in [6, 6.07) is 0. The van der Waals surface area contributed by atoms with Gasteiger partial charge in [-0.05, 0) is 30.1 Å². The Morgan fingerprint density at radius 1 is 1.36 bits per heavy atom. The van der Waals surface area contributed by atoms with Gasteiger partial charge in [-0.2, -0.15) is 0 Å². The number of halogens is 1. The maximum absolute atomic E-state index is 5.31. The van der Waals surface area contributed by atoms with Gasteiger partial charge in [-0.25, -0.2) is 0 Å². The average molecular weight is 263 g/mol. The van der Waals surface area contributed by atoms with Crippen LogP contribution < -0.4 is 0 Å². The van der Waals surface area contributed by atoms with Crippen molar-refractivity contribution in [2.24, 2.45) is 17.3 Å². The van der Waals surface area contributed by atoms with Gasteiger partial charge in [0.2, 0.25) is 0 Å². The molecule has 2 heteroatoms. The summed E-state index contributed by atoms with van der Waals surface area (Å²) >= 11 is 3.85. The third-order valence-corrected chi connectivity index (χ3v) is 4.57. The van der Waals surface area contributed by atoms with Gasteiger partial charge in [0.1, 0.15) is 0 Å². The minimum atomic E-state index is 0.309. The lowest BCUT2D eigenvalue weighted by molar-refractivity contribution is 0.0416. The largest absolute Gasteiger partial charge is 0.384 e. The molecule has 0 aromatic rings. The van der Waals surface area contributed by atoms with E-state index in [4.69, 9.17) is 4.74 Å². The van der Waals surface area contributed by atoms with E-state index < -0.39 is 0 Å². The molecule has 0 aromatic carbocycles. The lowest BCUT2D eigenvalue weighted by atomic mass is 9.69. The molecule has 1 aliphatic carbocycles. The van der Waals surface area contributed by atoms with Gasteiger partial charge < -0.3 is 4.74 Å². The summed E-state index contributed by atoms with van der Waals surface area (Å²) in [5.74, 6) is 1.65. The molecule has 0 aliphatic heterocycles. The summed E-state index contributed by atoms with van der Waals surface area (Å²) in [4.78, 5) is 0.677. The molecule has 1 rings (SSSR count). The van der Waals surface area contributed by atoms with E-state index in [9.17, 15) is 0 Å². The Hall–Kier alpha value is 0.440. The van der Waals surface area contributed by atoms with Gasteiger partial charge in [-0.1, -0.05) is 43.1 Å². The molecule has 1 saturated carbocycles. The summed E-state index contributed by atoms with van der Waals surface area (Å²) in [7, 11) is 1.80. The summed E-state index contributed by atoms with van der Waals surface area (Å²) in [6.45, 7) is 7.87. The molecule has 3 unspecified atom stereocenters. The Morgan fingerprint density at radius 3 is 2.50 bits per heavy atom. The fraction of sp³-hybridized carbons (Fsp3) is 1.00. The van der Waals surface area contributed by atoms with Gasteiger partial charge in [0.15, 0.2) is 0 Å². The lowest BCUT2D eigenvalue weighted by Crippen LogP contribution is -2.38. The molecule has 0 N–H and O–H groups in total. The number of hydrogen-bond donors (Lipinski definition) is 0. The number of alkyl halides is 1. The predicted octanol–water partition coefficient (Wildman–Crippen LogP) is 3.86. The van der Waals surface area contributed by atoms with E-state index in [0.29, 0.717) is 10.2 Å². The van der Waals surface area contributed by atoms with Crippen LogP contribution in [0.4, 0.5) is 0 Å². The SMILES string of the molecule is COCC(C)(C)C1CCC(C)CC1Br. The van der Waals surface area contributed by atoms with Crippen molar-refractivity contribution in [1.29, 1.82) is 0 Å². The van der Waals surface area contributed by atoms with Crippen molar-refractivity contribution < 1.29 is 4.74 Å². The van der Waals surface area contributed by atoms with Crippen LogP contribution in [0.1, 0.15) is 40.0 Å². The monoisotopic (exact) mass is 262 g/mol. The first-order valence-electron chi connectivity index (χ1n) is 5.60. The van der Waals surface area contributed by atoms with Gasteiger partial charge in [0, 0.05) is 11.9 Å². The molecule has 14 heavy (non-hydrogen) atoms. The Balaban J connectivity index is 2.58. The van der Waals surface area contributed by atoms with Crippen molar-refractivity contribution in [2.45, 2.75) is 44.9 Å². The molecule has 0 saturated heterocycles. The van der Waals surface area contributed by atoms with Crippen LogP contribution in [0, 0.1) is 17.3 Å². The Morgan fingerprint density at radius 2 is 2.00 bits per heavy atom. The van der Waals surface area contributed by atoms with Gasteiger partial charge in [0.25, 0.3) is 0 Å². The molecule has 0 heterocycles. The molecular formula is C12H23BrO. The average Bonchev–Trinajstić information content (AvgIpc) is 2.02. The second kappa shape index (κ2) is 4.98. The zero-order valence-corrected chi connectivity index (χ0v) is 11.4. The van der Waals surface area contributed by atoms with Gasteiger partial charge in [-0.3, -0.25) is 0 Å². The lowest BCUT2D eigenvalue weighted by Gasteiger charge is -2.41. The van der Waals surface area contributed by atoms with Crippen LogP contribution in [0.2, 0.25) is 0 Å².